The van der Waals surface area contributed by atoms with Gasteiger partial charge in [0.25, 0.3) is 0 Å². The van der Waals surface area contributed by atoms with E-state index in [1.165, 1.54) is 7.11 Å². The maximum atomic E-state index is 12.0. The predicted molar refractivity (Wildman–Crippen MR) is 93.3 cm³/mol. The van der Waals surface area contributed by atoms with Crippen LogP contribution in [0.4, 0.5) is 0 Å². The van der Waals surface area contributed by atoms with Gasteiger partial charge < -0.3 is 14.2 Å². The maximum absolute atomic E-state index is 12.0. The van der Waals surface area contributed by atoms with Crippen molar-refractivity contribution in [3.63, 3.8) is 0 Å². The molecule has 2 aliphatic heterocycles. The van der Waals surface area contributed by atoms with Gasteiger partial charge in [-0.2, -0.15) is 0 Å². The lowest BCUT2D eigenvalue weighted by atomic mass is 10.1. The Bertz CT molecular complexity index is 554. The smallest absolute Gasteiger partial charge is 0.341 e. The number of fused-ring (bicyclic) bond motifs is 12. The molecular weight excluding hydrogens is 360 g/mol. The lowest BCUT2D eigenvalue weighted by Gasteiger charge is -2.14. The molecule has 5 heteroatoms. The third kappa shape index (κ3) is 5.57. The summed E-state index contributed by atoms with van der Waals surface area (Å²) in [5.41, 5.74) is 0.401. The van der Waals surface area contributed by atoms with Gasteiger partial charge in [0.2, 0.25) is 0 Å². The van der Waals surface area contributed by atoms with Crippen LogP contribution in [-0.4, -0.2) is 26.3 Å². The molecule has 3 rings (SSSR count). The zero-order chi connectivity index (χ0) is 16.5. The lowest BCUT2D eigenvalue weighted by molar-refractivity contribution is 0.0595. The Kier molecular flexibility index (Phi) is 7.46. The molecule has 1 aromatic rings. The van der Waals surface area contributed by atoms with E-state index in [0.717, 1.165) is 43.0 Å². The van der Waals surface area contributed by atoms with Crippen molar-refractivity contribution < 1.29 is 19.0 Å². The molecule has 4 nitrogen and oxygen atoms in total. The fourth-order valence-corrected chi connectivity index (χ4v) is 2.80. The van der Waals surface area contributed by atoms with Gasteiger partial charge in [-0.1, -0.05) is 12.2 Å². The van der Waals surface area contributed by atoms with Crippen molar-refractivity contribution in [1.82, 2.24) is 0 Å². The molecule has 0 unspecified atom stereocenters. The topological polar surface area (TPSA) is 44.8 Å². The van der Waals surface area contributed by atoms with Crippen LogP contribution in [0.5, 0.6) is 11.5 Å². The number of hydrogen-bond donors (Lipinski definition) is 0. The molecule has 0 aromatic heterocycles. The van der Waals surface area contributed by atoms with E-state index in [-0.39, 0.29) is 0 Å². The number of benzene rings is 1. The summed E-state index contributed by atoms with van der Waals surface area (Å²) >= 11 is 3.49. The summed E-state index contributed by atoms with van der Waals surface area (Å²) in [5.74, 6) is 0.750. The summed E-state index contributed by atoms with van der Waals surface area (Å²) in [6.45, 7) is 1.19. The van der Waals surface area contributed by atoms with Crippen molar-refractivity contribution in [1.29, 1.82) is 0 Å². The molecular formula is C18H23BrO4. The quantitative estimate of drug-likeness (QED) is 0.511. The molecule has 0 fully saturated rings. The minimum absolute atomic E-state index is 0.401. The second-order valence-electron chi connectivity index (χ2n) is 5.43. The van der Waals surface area contributed by atoms with Crippen LogP contribution >= 0.6 is 15.9 Å². The Morgan fingerprint density at radius 2 is 1.61 bits per heavy atom. The molecule has 23 heavy (non-hydrogen) atoms. The molecule has 2 aliphatic rings. The molecule has 126 valence electrons. The van der Waals surface area contributed by atoms with E-state index in [4.69, 9.17) is 14.2 Å². The van der Waals surface area contributed by atoms with Gasteiger partial charge in [-0.05, 0) is 66.6 Å². The van der Waals surface area contributed by atoms with Gasteiger partial charge >= 0.3 is 5.97 Å². The Labute approximate surface area is 145 Å². The number of rotatable bonds is 1. The van der Waals surface area contributed by atoms with Crippen LogP contribution in [0.15, 0.2) is 28.8 Å². The highest BCUT2D eigenvalue weighted by molar-refractivity contribution is 9.10. The van der Waals surface area contributed by atoms with Crippen LogP contribution in [0.25, 0.3) is 0 Å². The Hall–Kier alpha value is -1.49. The lowest BCUT2D eigenvalue weighted by Crippen LogP contribution is -2.08. The van der Waals surface area contributed by atoms with Crippen LogP contribution in [-0.2, 0) is 4.74 Å². The maximum Gasteiger partial charge on any atom is 0.341 e. The van der Waals surface area contributed by atoms with Crippen LogP contribution in [0, 0.1) is 0 Å². The van der Waals surface area contributed by atoms with Crippen LogP contribution in [0.1, 0.15) is 48.9 Å². The van der Waals surface area contributed by atoms with Crippen LogP contribution < -0.4 is 9.47 Å². The summed E-state index contributed by atoms with van der Waals surface area (Å²) in [7, 11) is 1.37. The van der Waals surface area contributed by atoms with Crippen molar-refractivity contribution in [2.24, 2.45) is 0 Å². The summed E-state index contributed by atoms with van der Waals surface area (Å²) in [5, 5.41) is 0. The molecule has 0 saturated carbocycles. The van der Waals surface area contributed by atoms with Crippen molar-refractivity contribution >= 4 is 21.9 Å². The Balaban J connectivity index is 2.20. The average molecular weight is 383 g/mol. The minimum atomic E-state index is -0.415. The third-order valence-electron chi connectivity index (χ3n) is 3.65. The van der Waals surface area contributed by atoms with E-state index in [9.17, 15) is 4.79 Å². The molecule has 0 saturated heterocycles. The number of esters is 1. The SMILES string of the molecule is COC(=O)c1cc2c(Br)cc1OCCCC/C=C/CCCCO2. The fraction of sp³-hybridized carbons (Fsp3) is 0.500. The molecule has 0 amide bonds. The van der Waals surface area contributed by atoms with E-state index in [0.29, 0.717) is 30.3 Å². The first-order valence-electron chi connectivity index (χ1n) is 8.05. The van der Waals surface area contributed by atoms with Crippen molar-refractivity contribution in [3.8, 4) is 11.5 Å². The predicted octanol–water partition coefficient (Wildman–Crippen LogP) is 4.90. The summed E-state index contributed by atoms with van der Waals surface area (Å²) in [6.07, 6.45) is 10.7. The van der Waals surface area contributed by atoms with E-state index in [1.54, 1.807) is 12.1 Å². The first-order valence-corrected chi connectivity index (χ1v) is 8.84. The van der Waals surface area contributed by atoms with Gasteiger partial charge in [0.15, 0.2) is 0 Å². The molecule has 2 heterocycles. The molecule has 0 radical (unpaired) electrons. The zero-order valence-corrected chi connectivity index (χ0v) is 15.1. The highest BCUT2D eigenvalue weighted by Gasteiger charge is 2.17. The van der Waals surface area contributed by atoms with Gasteiger partial charge in [-0.25, -0.2) is 4.79 Å². The van der Waals surface area contributed by atoms with Gasteiger partial charge in [-0.15, -0.1) is 0 Å². The first kappa shape index (κ1) is 17.9. The normalized spacial score (nSPS) is 17.8. The van der Waals surface area contributed by atoms with Crippen molar-refractivity contribution in [2.75, 3.05) is 20.3 Å². The Morgan fingerprint density at radius 1 is 1.00 bits per heavy atom. The number of allylic oxidation sites excluding steroid dienone is 2. The van der Waals surface area contributed by atoms with Gasteiger partial charge in [0.05, 0.1) is 24.8 Å². The van der Waals surface area contributed by atoms with E-state index in [1.807, 2.05) is 0 Å². The van der Waals surface area contributed by atoms with E-state index >= 15 is 0 Å². The standard InChI is InChI=1S/C18H23BrO4/c1-21-18(20)14-12-17-15(19)13-16(14)22-10-8-6-4-2-3-5-7-9-11-23-17/h2-3,12-13H,4-11H2,1H3/b3-2+. The van der Waals surface area contributed by atoms with E-state index in [2.05, 4.69) is 28.1 Å². The molecule has 1 aromatic carbocycles. The highest BCUT2D eigenvalue weighted by Crippen LogP contribution is 2.34. The second-order valence-corrected chi connectivity index (χ2v) is 6.28. The molecule has 2 bridgehead atoms. The average Bonchev–Trinajstić information content (AvgIpc) is 2.55. The number of ether oxygens (including phenoxy) is 3. The van der Waals surface area contributed by atoms with Crippen molar-refractivity contribution in [2.45, 2.75) is 38.5 Å². The number of methoxy groups -OCH3 is 1. The van der Waals surface area contributed by atoms with Gasteiger partial charge in [-0.3, -0.25) is 0 Å². The van der Waals surface area contributed by atoms with Crippen molar-refractivity contribution in [3.05, 3.63) is 34.3 Å². The first-order chi connectivity index (χ1) is 11.2. The summed E-state index contributed by atoms with van der Waals surface area (Å²) in [4.78, 5) is 12.0. The number of carbonyl (C=O) groups excluding carboxylic acids is 1. The van der Waals surface area contributed by atoms with Gasteiger partial charge in [0.1, 0.15) is 17.1 Å². The Morgan fingerprint density at radius 3 is 2.22 bits per heavy atom. The molecule has 0 spiro atoms. The molecule has 0 atom stereocenters. The highest BCUT2D eigenvalue weighted by atomic mass is 79.9. The second kappa shape index (κ2) is 9.60. The summed E-state index contributed by atoms with van der Waals surface area (Å²) < 4.78 is 17.2. The zero-order valence-electron chi connectivity index (χ0n) is 13.5. The number of carbonyl (C=O) groups is 1. The van der Waals surface area contributed by atoms with Gasteiger partial charge in [0, 0.05) is 0 Å². The minimum Gasteiger partial charge on any atom is -0.493 e. The van der Waals surface area contributed by atoms with Crippen LogP contribution in [0.3, 0.4) is 0 Å². The number of hydrogen-bond acceptors (Lipinski definition) is 4. The van der Waals surface area contributed by atoms with Crippen LogP contribution in [0.2, 0.25) is 0 Å². The largest absolute Gasteiger partial charge is 0.493 e. The fourth-order valence-electron chi connectivity index (χ4n) is 2.36. The third-order valence-corrected chi connectivity index (χ3v) is 4.27. The summed E-state index contributed by atoms with van der Waals surface area (Å²) in [6, 6.07) is 3.48. The van der Waals surface area contributed by atoms with E-state index < -0.39 is 5.97 Å². The molecule has 0 N–H and O–H groups in total. The number of halogens is 1. The molecule has 0 aliphatic carbocycles. The monoisotopic (exact) mass is 382 g/mol.